The van der Waals surface area contributed by atoms with Gasteiger partial charge in [0.05, 0.1) is 5.92 Å². The maximum Gasteiger partial charge on any atom is 0.310 e. The summed E-state index contributed by atoms with van der Waals surface area (Å²) >= 11 is 0. The van der Waals surface area contributed by atoms with Crippen LogP contribution >= 0.6 is 0 Å². The number of aliphatic carboxylic acids is 1. The summed E-state index contributed by atoms with van der Waals surface area (Å²) in [5, 5.41) is 20.6. The van der Waals surface area contributed by atoms with E-state index in [4.69, 9.17) is 11.1 Å². The summed E-state index contributed by atoms with van der Waals surface area (Å²) in [5.41, 5.74) is 9.78. The fraction of sp³-hybridized carbons (Fsp3) is 0.174. The molecule has 1 atom stereocenters. The zero-order valence-corrected chi connectivity index (χ0v) is 16.0. The lowest BCUT2D eigenvalue weighted by atomic mass is 9.91. The Balaban J connectivity index is 1.71. The van der Waals surface area contributed by atoms with E-state index in [-0.39, 0.29) is 5.84 Å². The maximum absolute atomic E-state index is 11.9. The van der Waals surface area contributed by atoms with Gasteiger partial charge >= 0.3 is 5.97 Å². The number of nitrogens with two attached hydrogens (primary N) is 1. The zero-order valence-electron chi connectivity index (χ0n) is 16.0. The van der Waals surface area contributed by atoms with Gasteiger partial charge in [0.1, 0.15) is 5.84 Å². The van der Waals surface area contributed by atoms with Crippen molar-refractivity contribution in [2.75, 3.05) is 11.9 Å². The van der Waals surface area contributed by atoms with E-state index in [1.807, 2.05) is 54.6 Å². The molecule has 0 amide bonds. The number of nitrogens with one attached hydrogen (secondary N) is 2. The van der Waals surface area contributed by atoms with E-state index >= 15 is 0 Å². The van der Waals surface area contributed by atoms with Crippen molar-refractivity contribution in [3.63, 3.8) is 0 Å². The Morgan fingerprint density at radius 2 is 1.76 bits per heavy atom. The Labute approximate surface area is 169 Å². The number of aromatic nitrogens is 1. The van der Waals surface area contributed by atoms with Gasteiger partial charge in [-0.15, -0.1) is 0 Å². The van der Waals surface area contributed by atoms with Crippen molar-refractivity contribution in [2.24, 2.45) is 5.73 Å². The molecular formula is C23H24N4O2. The van der Waals surface area contributed by atoms with Crippen molar-refractivity contribution in [3.05, 3.63) is 84.2 Å². The van der Waals surface area contributed by atoms with Gasteiger partial charge in [0.25, 0.3) is 0 Å². The van der Waals surface area contributed by atoms with Crippen LogP contribution in [-0.4, -0.2) is 28.4 Å². The summed E-state index contributed by atoms with van der Waals surface area (Å²) in [6.07, 6.45) is 4.69. The molecule has 2 aromatic carbocycles. The first-order valence-electron chi connectivity index (χ1n) is 9.46. The van der Waals surface area contributed by atoms with Gasteiger partial charge in [-0.1, -0.05) is 42.5 Å². The molecule has 3 aromatic rings. The Hall–Kier alpha value is -3.67. The SMILES string of the molecule is N=C(N)c1cccc(-c2cccc([C@@H](CCCNc3ccncc3)C(=O)O)c2)c1. The third-order valence-corrected chi connectivity index (χ3v) is 4.77. The highest BCUT2D eigenvalue weighted by Gasteiger charge is 2.20. The average Bonchev–Trinajstić information content (AvgIpc) is 2.74. The van der Waals surface area contributed by atoms with Crippen molar-refractivity contribution in [3.8, 4) is 11.1 Å². The predicted octanol–water partition coefficient (Wildman–Crippen LogP) is 4.09. The standard InChI is InChI=1S/C23H24N4O2/c24-22(25)19-7-2-5-17(15-19)16-4-1-6-18(14-16)21(23(28)29)8-3-11-27-20-9-12-26-13-10-20/h1-2,4-7,9-10,12-15,21H,3,8,11H2,(H3,24,25)(H,26,27)(H,28,29)/t21-/m1/s1. The molecular weight excluding hydrogens is 364 g/mol. The molecule has 0 aliphatic carbocycles. The topological polar surface area (TPSA) is 112 Å². The predicted molar refractivity (Wildman–Crippen MR) is 115 cm³/mol. The lowest BCUT2D eigenvalue weighted by molar-refractivity contribution is -0.139. The Bertz CT molecular complexity index is 989. The molecule has 0 bridgehead atoms. The zero-order chi connectivity index (χ0) is 20.6. The molecule has 3 rings (SSSR count). The fourth-order valence-corrected chi connectivity index (χ4v) is 3.24. The highest BCUT2D eigenvalue weighted by Crippen LogP contribution is 2.27. The summed E-state index contributed by atoms with van der Waals surface area (Å²) in [4.78, 5) is 15.9. The molecule has 0 aliphatic rings. The highest BCUT2D eigenvalue weighted by molar-refractivity contribution is 5.96. The van der Waals surface area contributed by atoms with Crippen LogP contribution in [0, 0.1) is 5.41 Å². The van der Waals surface area contributed by atoms with Crippen molar-refractivity contribution >= 4 is 17.5 Å². The number of pyridine rings is 1. The van der Waals surface area contributed by atoms with Gasteiger partial charge < -0.3 is 16.2 Å². The Kier molecular flexibility index (Phi) is 6.58. The van der Waals surface area contributed by atoms with E-state index in [0.717, 1.165) is 28.8 Å². The molecule has 0 spiro atoms. The monoisotopic (exact) mass is 388 g/mol. The summed E-state index contributed by atoms with van der Waals surface area (Å²) in [6.45, 7) is 0.689. The van der Waals surface area contributed by atoms with Crippen LogP contribution in [0.1, 0.15) is 29.9 Å². The van der Waals surface area contributed by atoms with Crippen molar-refractivity contribution in [1.82, 2.24) is 4.98 Å². The van der Waals surface area contributed by atoms with Gasteiger partial charge in [0, 0.05) is 30.2 Å². The molecule has 6 nitrogen and oxygen atoms in total. The minimum Gasteiger partial charge on any atom is -0.481 e. The van der Waals surface area contributed by atoms with Crippen LogP contribution in [0.4, 0.5) is 5.69 Å². The van der Waals surface area contributed by atoms with Crippen molar-refractivity contribution < 1.29 is 9.90 Å². The number of carbonyl (C=O) groups is 1. The lowest BCUT2D eigenvalue weighted by Gasteiger charge is -2.15. The van der Waals surface area contributed by atoms with E-state index in [0.29, 0.717) is 18.5 Å². The van der Waals surface area contributed by atoms with Crippen molar-refractivity contribution in [2.45, 2.75) is 18.8 Å². The van der Waals surface area contributed by atoms with Crippen LogP contribution in [0.5, 0.6) is 0 Å². The Morgan fingerprint density at radius 1 is 1.07 bits per heavy atom. The molecule has 0 fully saturated rings. The molecule has 0 radical (unpaired) electrons. The molecule has 5 N–H and O–H groups in total. The number of nitrogens with zero attached hydrogens (tertiary/aromatic N) is 1. The third kappa shape index (κ3) is 5.42. The van der Waals surface area contributed by atoms with Gasteiger partial charge in [-0.3, -0.25) is 15.2 Å². The van der Waals surface area contributed by atoms with E-state index in [1.54, 1.807) is 18.5 Å². The first-order valence-corrected chi connectivity index (χ1v) is 9.46. The maximum atomic E-state index is 11.9. The summed E-state index contributed by atoms with van der Waals surface area (Å²) in [7, 11) is 0. The van der Waals surface area contributed by atoms with Gasteiger partial charge in [-0.05, 0) is 47.7 Å². The number of amidine groups is 1. The highest BCUT2D eigenvalue weighted by atomic mass is 16.4. The number of nitrogen functional groups attached to an aromatic ring is 1. The number of hydrogen-bond donors (Lipinski definition) is 4. The molecule has 0 saturated carbocycles. The third-order valence-electron chi connectivity index (χ3n) is 4.77. The van der Waals surface area contributed by atoms with Crippen molar-refractivity contribution in [1.29, 1.82) is 5.41 Å². The van der Waals surface area contributed by atoms with Gasteiger partial charge in [0.15, 0.2) is 0 Å². The molecule has 0 unspecified atom stereocenters. The first-order chi connectivity index (χ1) is 14.0. The van der Waals surface area contributed by atoms with Crippen LogP contribution in [0.2, 0.25) is 0 Å². The minimum absolute atomic E-state index is 0.00751. The Morgan fingerprint density at radius 3 is 2.45 bits per heavy atom. The second-order valence-electron chi connectivity index (χ2n) is 6.82. The second-order valence-corrected chi connectivity index (χ2v) is 6.82. The van der Waals surface area contributed by atoms with Crippen LogP contribution in [-0.2, 0) is 4.79 Å². The van der Waals surface area contributed by atoms with Gasteiger partial charge in [0.2, 0.25) is 0 Å². The smallest absolute Gasteiger partial charge is 0.310 e. The number of benzene rings is 2. The van der Waals surface area contributed by atoms with Crippen LogP contribution in [0.25, 0.3) is 11.1 Å². The molecule has 29 heavy (non-hydrogen) atoms. The van der Waals surface area contributed by atoms with Gasteiger partial charge in [-0.25, -0.2) is 0 Å². The summed E-state index contributed by atoms with van der Waals surface area (Å²) in [5.74, 6) is -1.40. The molecule has 0 saturated heterocycles. The molecule has 1 heterocycles. The normalized spacial score (nSPS) is 11.6. The fourth-order valence-electron chi connectivity index (χ4n) is 3.24. The first kappa shape index (κ1) is 20.1. The van der Waals surface area contributed by atoms with Crippen LogP contribution < -0.4 is 11.1 Å². The number of carboxylic acid groups (broad SMARTS) is 1. The number of rotatable bonds is 9. The molecule has 0 aliphatic heterocycles. The van der Waals surface area contributed by atoms with E-state index in [2.05, 4.69) is 10.3 Å². The van der Waals surface area contributed by atoms with E-state index < -0.39 is 11.9 Å². The average molecular weight is 388 g/mol. The van der Waals surface area contributed by atoms with E-state index in [9.17, 15) is 9.90 Å². The van der Waals surface area contributed by atoms with E-state index in [1.165, 1.54) is 0 Å². The van der Waals surface area contributed by atoms with Crippen LogP contribution in [0.3, 0.4) is 0 Å². The number of anilines is 1. The largest absolute Gasteiger partial charge is 0.481 e. The van der Waals surface area contributed by atoms with Gasteiger partial charge in [-0.2, -0.15) is 0 Å². The summed E-state index contributed by atoms with van der Waals surface area (Å²) < 4.78 is 0. The van der Waals surface area contributed by atoms with Crippen LogP contribution in [0.15, 0.2) is 73.1 Å². The number of carboxylic acids is 1. The quantitative estimate of drug-likeness (QED) is 0.250. The molecule has 1 aromatic heterocycles. The summed E-state index contributed by atoms with van der Waals surface area (Å²) in [6, 6.07) is 18.7. The number of hydrogen-bond acceptors (Lipinski definition) is 4. The second kappa shape index (κ2) is 9.50. The minimum atomic E-state index is -0.830. The molecule has 148 valence electrons. The molecule has 6 heteroatoms. The lowest BCUT2D eigenvalue weighted by Crippen LogP contribution is -2.14.